The highest BCUT2D eigenvalue weighted by Gasteiger charge is 2.47. The molecule has 206 valence electrons. The Morgan fingerprint density at radius 1 is 0.949 bits per heavy atom. The van der Waals surface area contributed by atoms with Gasteiger partial charge in [-0.1, -0.05) is 70.7 Å². The first-order valence-corrected chi connectivity index (χ1v) is 12.7. The fourth-order valence-corrected chi connectivity index (χ4v) is 4.75. The van der Waals surface area contributed by atoms with E-state index in [0.717, 1.165) is 30.3 Å². The van der Waals surface area contributed by atoms with Crippen molar-refractivity contribution < 1.29 is 31.1 Å². The molecule has 1 aliphatic carbocycles. The van der Waals surface area contributed by atoms with Gasteiger partial charge >= 0.3 is 12.4 Å². The van der Waals surface area contributed by atoms with Crippen molar-refractivity contribution in [2.45, 2.75) is 36.7 Å². The van der Waals surface area contributed by atoms with Crippen molar-refractivity contribution in [1.29, 1.82) is 0 Å². The van der Waals surface area contributed by atoms with Gasteiger partial charge in [0.05, 0.1) is 37.7 Å². The maximum Gasteiger partial charge on any atom is 0.417 e. The molecule has 39 heavy (non-hydrogen) atoms. The van der Waals surface area contributed by atoms with E-state index in [4.69, 9.17) is 46.4 Å². The second-order valence-corrected chi connectivity index (χ2v) is 10.5. The minimum Gasteiger partial charge on any atom is -0.342 e. The number of benzene rings is 2. The van der Waals surface area contributed by atoms with Crippen LogP contribution in [0.2, 0.25) is 20.2 Å². The maximum atomic E-state index is 13.9. The summed E-state index contributed by atoms with van der Waals surface area (Å²) in [6, 6.07) is 7.76. The fourth-order valence-electron chi connectivity index (χ4n) is 4.02. The SMILES string of the molecule is O=C(NC1(c2ccc(Cl)nc2)CC1)c1ccc(/C=C/C(c2cc(Cl)c(Cl)c(Cl)c2)C(F)(F)F)cc1C(F)(F)F. The Balaban J connectivity index is 1.65. The van der Waals surface area contributed by atoms with Crippen molar-refractivity contribution in [3.63, 3.8) is 0 Å². The lowest BCUT2D eigenvalue weighted by molar-refractivity contribution is -0.139. The molecule has 0 radical (unpaired) electrons. The number of carbonyl (C=O) groups is 1. The summed E-state index contributed by atoms with van der Waals surface area (Å²) in [5, 5.41) is 2.31. The van der Waals surface area contributed by atoms with Gasteiger partial charge in [-0.25, -0.2) is 4.98 Å². The normalized spacial score (nSPS) is 15.8. The van der Waals surface area contributed by atoms with Gasteiger partial charge in [-0.05, 0) is 59.9 Å². The van der Waals surface area contributed by atoms with Crippen molar-refractivity contribution in [2.24, 2.45) is 0 Å². The summed E-state index contributed by atoms with van der Waals surface area (Å²) in [6.07, 6.45) is -5.81. The second kappa shape index (κ2) is 10.8. The van der Waals surface area contributed by atoms with Crippen LogP contribution in [0.5, 0.6) is 0 Å². The number of aromatic nitrogens is 1. The van der Waals surface area contributed by atoms with Crippen molar-refractivity contribution in [3.05, 3.63) is 103 Å². The summed E-state index contributed by atoms with van der Waals surface area (Å²) in [5.74, 6) is -3.23. The van der Waals surface area contributed by atoms with Gasteiger partial charge in [-0.15, -0.1) is 0 Å². The largest absolute Gasteiger partial charge is 0.417 e. The number of pyridine rings is 1. The van der Waals surface area contributed by atoms with Gasteiger partial charge in [0.2, 0.25) is 0 Å². The van der Waals surface area contributed by atoms with Gasteiger partial charge in [0.15, 0.2) is 0 Å². The van der Waals surface area contributed by atoms with E-state index in [1.807, 2.05) is 0 Å². The van der Waals surface area contributed by atoms with Crippen LogP contribution in [0.3, 0.4) is 0 Å². The molecule has 0 aliphatic heterocycles. The number of nitrogens with zero attached hydrogens (tertiary/aromatic N) is 1. The standard InChI is InChI=1S/C26H16Cl4F6N2O/c27-19-10-14(11-20(28)22(19)30)17(25(31,32)33)5-2-13-1-4-16(18(9-13)26(34,35)36)23(39)38-24(7-8-24)15-3-6-21(29)37-12-15/h1-6,9-12,17H,7-8H2,(H,38,39)/b5-2+. The smallest absolute Gasteiger partial charge is 0.342 e. The first kappa shape index (κ1) is 29.5. The molecular weight excluding hydrogens is 612 g/mol. The molecule has 0 saturated heterocycles. The molecule has 3 nitrogen and oxygen atoms in total. The number of hydrogen-bond acceptors (Lipinski definition) is 2. The molecule has 0 bridgehead atoms. The molecule has 1 N–H and O–H groups in total. The molecule has 2 aromatic carbocycles. The molecule has 1 unspecified atom stereocenters. The number of allylic oxidation sites excluding steroid dienone is 1. The Morgan fingerprint density at radius 2 is 1.59 bits per heavy atom. The summed E-state index contributed by atoms with van der Waals surface area (Å²) >= 11 is 23.3. The number of amides is 1. The lowest BCUT2D eigenvalue weighted by Gasteiger charge is -2.20. The number of halogens is 10. The monoisotopic (exact) mass is 626 g/mol. The van der Waals surface area contributed by atoms with Crippen LogP contribution in [0.4, 0.5) is 26.3 Å². The summed E-state index contributed by atoms with van der Waals surface area (Å²) < 4.78 is 83.3. The summed E-state index contributed by atoms with van der Waals surface area (Å²) in [7, 11) is 0. The average molecular weight is 628 g/mol. The maximum absolute atomic E-state index is 13.9. The zero-order chi connectivity index (χ0) is 28.8. The molecule has 1 aromatic heterocycles. The van der Waals surface area contributed by atoms with E-state index in [9.17, 15) is 31.1 Å². The van der Waals surface area contributed by atoms with Gasteiger partial charge in [0.25, 0.3) is 5.91 Å². The number of carbonyl (C=O) groups excluding carboxylic acids is 1. The Bertz CT molecular complexity index is 1410. The van der Waals surface area contributed by atoms with E-state index in [-0.39, 0.29) is 31.3 Å². The number of alkyl halides is 6. The molecule has 13 heteroatoms. The first-order chi connectivity index (χ1) is 18.1. The molecule has 3 aromatic rings. The van der Waals surface area contributed by atoms with Gasteiger partial charge in [-0.2, -0.15) is 26.3 Å². The Kier molecular flexibility index (Phi) is 8.21. The highest BCUT2D eigenvalue weighted by molar-refractivity contribution is 6.48. The second-order valence-electron chi connectivity index (χ2n) is 8.89. The number of rotatable bonds is 6. The van der Waals surface area contributed by atoms with E-state index < -0.39 is 40.8 Å². The molecule has 1 aliphatic rings. The van der Waals surface area contributed by atoms with E-state index >= 15 is 0 Å². The Labute approximate surface area is 238 Å². The Hall–Kier alpha value is -2.46. The van der Waals surface area contributed by atoms with Crippen LogP contribution < -0.4 is 5.32 Å². The van der Waals surface area contributed by atoms with E-state index in [1.165, 1.54) is 12.3 Å². The van der Waals surface area contributed by atoms with E-state index in [1.54, 1.807) is 6.07 Å². The van der Waals surface area contributed by atoms with Crippen molar-refractivity contribution in [3.8, 4) is 0 Å². The Morgan fingerprint density at radius 3 is 2.10 bits per heavy atom. The van der Waals surface area contributed by atoms with E-state index in [0.29, 0.717) is 30.5 Å². The molecule has 1 saturated carbocycles. The van der Waals surface area contributed by atoms with Gasteiger partial charge in [0.1, 0.15) is 5.15 Å². The first-order valence-electron chi connectivity index (χ1n) is 11.2. The van der Waals surface area contributed by atoms with E-state index in [2.05, 4.69) is 10.3 Å². The van der Waals surface area contributed by atoms with Crippen LogP contribution in [0.25, 0.3) is 6.08 Å². The third kappa shape index (κ3) is 6.65. The third-order valence-electron chi connectivity index (χ3n) is 6.18. The average Bonchev–Trinajstić information content (AvgIpc) is 3.61. The summed E-state index contributed by atoms with van der Waals surface area (Å²) in [6.45, 7) is 0. The number of hydrogen-bond donors (Lipinski definition) is 1. The lowest BCUT2D eigenvalue weighted by atomic mass is 9.96. The highest BCUT2D eigenvalue weighted by Crippen LogP contribution is 2.46. The van der Waals surface area contributed by atoms with Gasteiger partial charge < -0.3 is 5.32 Å². The topological polar surface area (TPSA) is 42.0 Å². The fraction of sp³-hybridized carbons (Fsp3) is 0.231. The van der Waals surface area contributed by atoms with Crippen molar-refractivity contribution >= 4 is 58.4 Å². The lowest BCUT2D eigenvalue weighted by Crippen LogP contribution is -2.36. The van der Waals surface area contributed by atoms with Crippen LogP contribution in [0.15, 0.2) is 54.7 Å². The predicted molar refractivity (Wildman–Crippen MR) is 138 cm³/mol. The van der Waals surface area contributed by atoms with Gasteiger partial charge in [0, 0.05) is 6.20 Å². The van der Waals surface area contributed by atoms with Crippen LogP contribution in [0.1, 0.15) is 51.4 Å². The molecular formula is C26H16Cl4F6N2O. The molecule has 1 fully saturated rings. The van der Waals surface area contributed by atoms with Crippen LogP contribution in [0, 0.1) is 0 Å². The molecule has 0 spiro atoms. The third-order valence-corrected chi connectivity index (χ3v) is 7.60. The number of nitrogens with one attached hydrogen (secondary N) is 1. The van der Waals surface area contributed by atoms with Gasteiger partial charge in [-0.3, -0.25) is 4.79 Å². The van der Waals surface area contributed by atoms with Crippen molar-refractivity contribution in [2.75, 3.05) is 0 Å². The van der Waals surface area contributed by atoms with Crippen LogP contribution >= 0.6 is 46.4 Å². The molecule has 1 amide bonds. The zero-order valence-corrected chi connectivity index (χ0v) is 22.4. The zero-order valence-electron chi connectivity index (χ0n) is 19.4. The quantitative estimate of drug-likeness (QED) is 0.168. The molecule has 1 atom stereocenters. The minimum atomic E-state index is -4.96. The summed E-state index contributed by atoms with van der Waals surface area (Å²) in [4.78, 5) is 16.9. The molecule has 4 rings (SSSR count). The summed E-state index contributed by atoms with van der Waals surface area (Å²) in [5.41, 5.74) is -2.81. The minimum absolute atomic E-state index is 0.129. The van der Waals surface area contributed by atoms with Crippen LogP contribution in [-0.2, 0) is 11.7 Å². The predicted octanol–water partition coefficient (Wildman–Crippen LogP) is 9.49. The van der Waals surface area contributed by atoms with Crippen LogP contribution in [-0.4, -0.2) is 17.1 Å². The molecule has 1 heterocycles. The highest BCUT2D eigenvalue weighted by atomic mass is 35.5. The van der Waals surface area contributed by atoms with Crippen molar-refractivity contribution in [1.82, 2.24) is 10.3 Å².